The third kappa shape index (κ3) is 5.06. The molecule has 7 atom stereocenters. The van der Waals surface area contributed by atoms with Gasteiger partial charge in [0.1, 0.15) is 5.75 Å². The lowest BCUT2D eigenvalue weighted by Crippen LogP contribution is -2.42. The molecule has 6 unspecified atom stereocenters. The van der Waals surface area contributed by atoms with E-state index in [4.69, 9.17) is 4.74 Å². The number of carbonyl (C=O) groups is 3. The Bertz CT molecular complexity index is 2030. The number of benzene rings is 3. The minimum Gasteiger partial charge on any atom is -0.484 e. The Kier molecular flexibility index (Phi) is 7.33. The molecule has 2 bridgehead atoms. The van der Waals surface area contributed by atoms with Crippen LogP contribution in [0.4, 0.5) is 24.5 Å². The highest BCUT2D eigenvalue weighted by molar-refractivity contribution is 8.00. The fourth-order valence-electron chi connectivity index (χ4n) is 8.26. The molecule has 48 heavy (non-hydrogen) atoms. The quantitative estimate of drug-likeness (QED) is 0.225. The monoisotopic (exact) mass is 691 g/mol. The molecule has 3 amide bonds. The van der Waals surface area contributed by atoms with Crippen LogP contribution >= 0.6 is 23.1 Å². The van der Waals surface area contributed by atoms with E-state index < -0.39 is 36.1 Å². The van der Waals surface area contributed by atoms with E-state index >= 15 is 0 Å². The third-order valence-corrected chi connectivity index (χ3v) is 12.7. The average Bonchev–Trinajstić information content (AvgIpc) is 3.79. The van der Waals surface area contributed by atoms with E-state index in [1.807, 2.05) is 43.3 Å². The SMILES string of the molecule is Cc1ccc(N2C(=O)C3C4CC(C3C2=O)C2C4Sc3[nH]c(=O)sc3[C@@H]2c2cccc(OCC(=O)Nc3cccc(C(F)(F)F)c3)c2)cc1. The molecule has 0 spiro atoms. The van der Waals surface area contributed by atoms with Crippen LogP contribution in [0.1, 0.15) is 33.9 Å². The van der Waals surface area contributed by atoms with Crippen LogP contribution in [0, 0.1) is 36.5 Å². The Hall–Kier alpha value is -4.36. The lowest BCUT2D eigenvalue weighted by molar-refractivity contribution is -0.137. The fourth-order valence-corrected chi connectivity index (χ4v) is 11.1. The van der Waals surface area contributed by atoms with Crippen molar-refractivity contribution in [3.63, 3.8) is 0 Å². The van der Waals surface area contributed by atoms with Crippen LogP contribution in [0.25, 0.3) is 0 Å². The van der Waals surface area contributed by atoms with Crippen LogP contribution in [0.3, 0.4) is 0 Å². The maximum absolute atomic E-state index is 14.0. The molecule has 4 aliphatic rings. The average molecular weight is 692 g/mol. The number of thiazole rings is 1. The van der Waals surface area contributed by atoms with Crippen molar-refractivity contribution in [1.29, 1.82) is 0 Å². The van der Waals surface area contributed by atoms with E-state index in [9.17, 15) is 32.3 Å². The molecule has 2 N–H and O–H groups in total. The number of aromatic amines is 1. The molecular weight excluding hydrogens is 664 g/mol. The number of H-pyrrole nitrogens is 1. The third-order valence-electron chi connectivity index (χ3n) is 10.1. The van der Waals surface area contributed by atoms with Crippen LogP contribution in [0.15, 0.2) is 82.6 Å². The molecule has 2 aliphatic carbocycles. The minimum atomic E-state index is -4.54. The van der Waals surface area contributed by atoms with E-state index in [0.717, 1.165) is 50.9 Å². The number of anilines is 2. The Balaban J connectivity index is 1.06. The maximum atomic E-state index is 14.0. The lowest BCUT2D eigenvalue weighted by atomic mass is 9.68. The van der Waals surface area contributed by atoms with Gasteiger partial charge < -0.3 is 15.0 Å². The summed E-state index contributed by atoms with van der Waals surface area (Å²) in [5.74, 6) is -1.77. The van der Waals surface area contributed by atoms with Gasteiger partial charge in [-0.05, 0) is 79.1 Å². The number of aromatic nitrogens is 1. The summed E-state index contributed by atoms with van der Waals surface area (Å²) in [4.78, 5) is 58.1. The van der Waals surface area contributed by atoms with Gasteiger partial charge in [0.15, 0.2) is 6.61 Å². The predicted molar refractivity (Wildman–Crippen MR) is 174 cm³/mol. The first kappa shape index (κ1) is 30.9. The number of amides is 3. The summed E-state index contributed by atoms with van der Waals surface area (Å²) in [6.07, 6.45) is -3.79. The number of nitrogens with zero attached hydrogens (tertiary/aromatic N) is 1. The molecule has 1 saturated heterocycles. The number of thioether (sulfide) groups is 1. The Morgan fingerprint density at radius 3 is 2.46 bits per heavy atom. The summed E-state index contributed by atoms with van der Waals surface area (Å²) in [5, 5.41) is 3.23. The number of alkyl halides is 3. The zero-order valence-corrected chi connectivity index (χ0v) is 27.0. The van der Waals surface area contributed by atoms with Crippen LogP contribution in [0.5, 0.6) is 5.75 Å². The largest absolute Gasteiger partial charge is 0.484 e. The van der Waals surface area contributed by atoms with Crippen molar-refractivity contribution < 1.29 is 32.3 Å². The molecule has 3 fully saturated rings. The molecule has 1 aromatic heterocycles. The summed E-state index contributed by atoms with van der Waals surface area (Å²) in [5.41, 5.74) is 1.60. The highest BCUT2D eigenvalue weighted by Gasteiger charge is 2.69. The Labute approximate surface area is 280 Å². The molecule has 3 heterocycles. The molecule has 13 heteroatoms. The van der Waals surface area contributed by atoms with E-state index in [-0.39, 0.29) is 51.3 Å². The molecule has 246 valence electrons. The van der Waals surface area contributed by atoms with Crippen molar-refractivity contribution in [2.24, 2.45) is 29.6 Å². The second-order valence-electron chi connectivity index (χ2n) is 12.8. The zero-order valence-electron chi connectivity index (χ0n) is 25.3. The van der Waals surface area contributed by atoms with E-state index in [0.29, 0.717) is 11.4 Å². The number of rotatable bonds is 6. The van der Waals surface area contributed by atoms with E-state index in [1.54, 1.807) is 23.9 Å². The number of ether oxygens (including phenoxy) is 1. The Morgan fingerprint density at radius 2 is 1.71 bits per heavy atom. The predicted octanol–water partition coefficient (Wildman–Crippen LogP) is 6.46. The van der Waals surface area contributed by atoms with Crippen LogP contribution in [0.2, 0.25) is 0 Å². The number of fused-ring (bicyclic) bond motifs is 9. The molecule has 4 aromatic rings. The fraction of sp³-hybridized carbons (Fsp3) is 0.314. The van der Waals surface area contributed by atoms with Crippen molar-refractivity contribution in [3.05, 3.63) is 104 Å². The molecule has 3 aromatic carbocycles. The smallest absolute Gasteiger partial charge is 0.416 e. The van der Waals surface area contributed by atoms with Crippen molar-refractivity contribution in [1.82, 2.24) is 4.98 Å². The zero-order chi connectivity index (χ0) is 33.5. The summed E-state index contributed by atoms with van der Waals surface area (Å²) in [7, 11) is 0. The number of hydrogen-bond acceptors (Lipinski definition) is 7. The van der Waals surface area contributed by atoms with Crippen molar-refractivity contribution >= 4 is 52.2 Å². The topological polar surface area (TPSA) is 109 Å². The molecular formula is C35H28F3N3O5S2. The lowest BCUT2D eigenvalue weighted by Gasteiger charge is -2.43. The number of halogens is 3. The first-order valence-electron chi connectivity index (χ1n) is 15.5. The number of hydrogen-bond donors (Lipinski definition) is 2. The van der Waals surface area contributed by atoms with Gasteiger partial charge in [-0.3, -0.25) is 24.1 Å². The number of imide groups is 1. The van der Waals surface area contributed by atoms with Gasteiger partial charge in [0.2, 0.25) is 11.8 Å². The second-order valence-corrected chi connectivity index (χ2v) is 15.0. The van der Waals surface area contributed by atoms with E-state index in [1.165, 1.54) is 17.0 Å². The molecule has 2 saturated carbocycles. The first-order valence-corrected chi connectivity index (χ1v) is 17.2. The van der Waals surface area contributed by atoms with Gasteiger partial charge in [0.05, 0.1) is 28.1 Å². The first-order chi connectivity index (χ1) is 23.0. The summed E-state index contributed by atoms with van der Waals surface area (Å²) >= 11 is 2.74. The summed E-state index contributed by atoms with van der Waals surface area (Å²) in [6.45, 7) is 1.52. The highest BCUT2D eigenvalue weighted by atomic mass is 32.2. The molecule has 8 nitrogen and oxygen atoms in total. The normalized spacial score (nSPS) is 27.1. The molecule has 2 aliphatic heterocycles. The highest BCUT2D eigenvalue weighted by Crippen LogP contribution is 2.68. The second kappa shape index (κ2) is 11.4. The Morgan fingerprint density at radius 1 is 0.979 bits per heavy atom. The molecule has 0 radical (unpaired) electrons. The molecule has 8 rings (SSSR count). The number of aryl methyl sites for hydroxylation is 1. The summed E-state index contributed by atoms with van der Waals surface area (Å²) in [6, 6.07) is 19.0. The van der Waals surface area contributed by atoms with Gasteiger partial charge in [-0.15, -0.1) is 11.8 Å². The van der Waals surface area contributed by atoms with Crippen LogP contribution in [-0.4, -0.2) is 34.6 Å². The van der Waals surface area contributed by atoms with Gasteiger partial charge in [0.25, 0.3) is 5.91 Å². The van der Waals surface area contributed by atoms with Crippen molar-refractivity contribution in [3.8, 4) is 5.75 Å². The van der Waals surface area contributed by atoms with Crippen molar-refractivity contribution in [2.75, 3.05) is 16.8 Å². The van der Waals surface area contributed by atoms with Gasteiger partial charge in [0, 0.05) is 21.7 Å². The van der Waals surface area contributed by atoms with Gasteiger partial charge >= 0.3 is 11.0 Å². The number of carbonyl (C=O) groups excluding carboxylic acids is 3. The van der Waals surface area contributed by atoms with E-state index in [2.05, 4.69) is 10.3 Å². The van der Waals surface area contributed by atoms with Gasteiger partial charge in [-0.1, -0.05) is 47.2 Å². The minimum absolute atomic E-state index is 0.00305. The van der Waals surface area contributed by atoms with Gasteiger partial charge in [-0.25, -0.2) is 0 Å². The standard InChI is InChI=1S/C35H28F3N3O5S2/c1-16-8-10-20(11-9-16)41-32(43)27-22-14-23(28(27)33(41)44)29-26(22)25(30-31(47-29)40-34(45)48-30)17-4-2-7-21(12-17)46-15-24(42)39-19-6-3-5-18(13-19)35(36,37)38/h2-13,22-23,25-29H,14-15H2,1H3,(H,39,42)(H,40,45)/t22?,23?,25-,26?,27?,28?,29?/m1/s1. The maximum Gasteiger partial charge on any atom is 0.416 e. The van der Waals surface area contributed by atoms with Crippen LogP contribution < -0.4 is 19.8 Å². The number of nitrogens with one attached hydrogen (secondary N) is 2. The van der Waals surface area contributed by atoms with Crippen molar-refractivity contribution in [2.45, 2.75) is 35.7 Å². The summed E-state index contributed by atoms with van der Waals surface area (Å²) < 4.78 is 45.1. The van der Waals surface area contributed by atoms with Crippen LogP contribution in [-0.2, 0) is 20.6 Å². The van der Waals surface area contributed by atoms with Gasteiger partial charge in [-0.2, -0.15) is 13.2 Å².